The van der Waals surface area contributed by atoms with E-state index in [1.165, 1.54) is 0 Å². The Labute approximate surface area is 104 Å². The normalized spacial score (nSPS) is 30.2. The highest BCUT2D eigenvalue weighted by molar-refractivity contribution is 5.78. The highest BCUT2D eigenvalue weighted by atomic mass is 16.5. The highest BCUT2D eigenvalue weighted by Crippen LogP contribution is 2.29. The second-order valence-electron chi connectivity index (χ2n) is 6.36. The van der Waals surface area contributed by atoms with Gasteiger partial charge in [-0.15, -0.1) is 0 Å². The Balaban J connectivity index is 2.38. The summed E-state index contributed by atoms with van der Waals surface area (Å²) in [5.74, 6) is -0.901. The van der Waals surface area contributed by atoms with Crippen LogP contribution < -0.4 is 5.73 Å². The van der Waals surface area contributed by atoms with Crippen LogP contribution in [0.25, 0.3) is 0 Å². The molecule has 0 bridgehead atoms. The zero-order chi connectivity index (χ0) is 13.1. The number of carboxylic acids is 1. The first kappa shape index (κ1) is 14.5. The summed E-state index contributed by atoms with van der Waals surface area (Å²) in [5.41, 5.74) is 5.04. The maximum atomic E-state index is 11.1. The summed E-state index contributed by atoms with van der Waals surface area (Å²) >= 11 is 0. The molecule has 1 aliphatic rings. The van der Waals surface area contributed by atoms with Crippen LogP contribution in [0.3, 0.4) is 0 Å². The highest BCUT2D eigenvalue weighted by Gasteiger charge is 2.39. The largest absolute Gasteiger partial charge is 0.480 e. The zero-order valence-corrected chi connectivity index (χ0v) is 11.2. The molecule has 2 unspecified atom stereocenters. The molecule has 0 spiro atoms. The third-order valence-electron chi connectivity index (χ3n) is 3.37. The van der Waals surface area contributed by atoms with Gasteiger partial charge in [0.05, 0.1) is 6.10 Å². The fourth-order valence-electron chi connectivity index (χ4n) is 2.12. The first-order valence-electron chi connectivity index (χ1n) is 6.37. The molecule has 17 heavy (non-hydrogen) atoms. The van der Waals surface area contributed by atoms with Gasteiger partial charge in [0.15, 0.2) is 0 Å². The minimum absolute atomic E-state index is 0.00667. The number of rotatable bonds is 4. The van der Waals surface area contributed by atoms with Gasteiger partial charge in [-0.3, -0.25) is 4.79 Å². The number of carboxylic acid groups (broad SMARTS) is 1. The lowest BCUT2D eigenvalue weighted by atomic mass is 9.81. The van der Waals surface area contributed by atoms with Crippen LogP contribution in [0.4, 0.5) is 0 Å². The first-order chi connectivity index (χ1) is 7.73. The molecule has 4 nitrogen and oxygen atoms in total. The van der Waals surface area contributed by atoms with Crippen LogP contribution in [0.15, 0.2) is 0 Å². The fraction of sp³-hybridized carbons (Fsp3) is 0.923. The quantitative estimate of drug-likeness (QED) is 0.793. The molecule has 2 atom stereocenters. The van der Waals surface area contributed by atoms with Gasteiger partial charge in [-0.2, -0.15) is 0 Å². The average Bonchev–Trinajstić information content (AvgIpc) is 2.15. The number of nitrogens with two attached hydrogens (primary N) is 1. The molecule has 1 fully saturated rings. The maximum absolute atomic E-state index is 11.1. The second-order valence-corrected chi connectivity index (χ2v) is 6.36. The van der Waals surface area contributed by atoms with E-state index in [0.717, 1.165) is 19.3 Å². The van der Waals surface area contributed by atoms with Crippen molar-refractivity contribution in [1.29, 1.82) is 0 Å². The minimum atomic E-state index is -1.08. The van der Waals surface area contributed by atoms with Crippen molar-refractivity contribution in [2.75, 3.05) is 6.61 Å². The molecule has 4 heteroatoms. The molecule has 3 N–H and O–H groups in total. The predicted molar refractivity (Wildman–Crippen MR) is 66.8 cm³/mol. The maximum Gasteiger partial charge on any atom is 0.323 e. The summed E-state index contributed by atoms with van der Waals surface area (Å²) in [4.78, 5) is 11.1. The lowest BCUT2D eigenvalue weighted by Gasteiger charge is -2.34. The summed E-state index contributed by atoms with van der Waals surface area (Å²) in [5, 5.41) is 9.09. The molecular formula is C13H25NO3. The topological polar surface area (TPSA) is 72.5 Å². The molecule has 0 radical (unpaired) electrons. The van der Waals surface area contributed by atoms with Crippen molar-refractivity contribution < 1.29 is 14.6 Å². The van der Waals surface area contributed by atoms with Crippen LogP contribution in [-0.4, -0.2) is 29.3 Å². The van der Waals surface area contributed by atoms with Crippen LogP contribution in [0.2, 0.25) is 0 Å². The van der Waals surface area contributed by atoms with Gasteiger partial charge in [-0.05, 0) is 31.1 Å². The van der Waals surface area contributed by atoms with Crippen molar-refractivity contribution in [1.82, 2.24) is 0 Å². The number of aliphatic carboxylic acids is 1. The van der Waals surface area contributed by atoms with Crippen molar-refractivity contribution in [3.05, 3.63) is 0 Å². The van der Waals surface area contributed by atoms with Gasteiger partial charge in [0.25, 0.3) is 0 Å². The van der Waals surface area contributed by atoms with E-state index < -0.39 is 11.5 Å². The summed E-state index contributed by atoms with van der Waals surface area (Å²) in [6.07, 6.45) is 3.74. The standard InChI is InChI=1S/C13H25NO3/c1-12(2,3)7-8-17-10-5-4-6-13(14,9-10)11(15)16/h10H,4-9,14H2,1-3H3,(H,15,16). The number of ether oxygens (including phenoxy) is 1. The molecule has 0 heterocycles. The van der Waals surface area contributed by atoms with E-state index in [1.807, 2.05) is 0 Å². The van der Waals surface area contributed by atoms with Crippen molar-refractivity contribution >= 4 is 5.97 Å². The molecule has 0 amide bonds. The molecular weight excluding hydrogens is 218 g/mol. The molecule has 0 aliphatic heterocycles. The van der Waals surface area contributed by atoms with Crippen molar-refractivity contribution in [3.63, 3.8) is 0 Å². The van der Waals surface area contributed by atoms with Crippen molar-refractivity contribution in [2.45, 2.75) is 64.5 Å². The van der Waals surface area contributed by atoms with E-state index in [-0.39, 0.29) is 11.5 Å². The van der Waals surface area contributed by atoms with E-state index in [1.54, 1.807) is 0 Å². The molecule has 0 aromatic carbocycles. The van der Waals surface area contributed by atoms with Gasteiger partial charge in [-0.1, -0.05) is 20.8 Å². The van der Waals surface area contributed by atoms with Gasteiger partial charge in [0.1, 0.15) is 5.54 Å². The Morgan fingerprint density at radius 2 is 2.18 bits per heavy atom. The van der Waals surface area contributed by atoms with Gasteiger partial charge in [0.2, 0.25) is 0 Å². The molecule has 0 saturated heterocycles. The SMILES string of the molecule is CC(C)(C)CCOC1CCCC(N)(C(=O)O)C1. The first-order valence-corrected chi connectivity index (χ1v) is 6.37. The number of carbonyl (C=O) groups is 1. The number of hydrogen-bond acceptors (Lipinski definition) is 3. The van der Waals surface area contributed by atoms with Crippen LogP contribution in [0.5, 0.6) is 0 Å². The van der Waals surface area contributed by atoms with Crippen LogP contribution in [-0.2, 0) is 9.53 Å². The average molecular weight is 243 g/mol. The van der Waals surface area contributed by atoms with Crippen molar-refractivity contribution in [3.8, 4) is 0 Å². The van der Waals surface area contributed by atoms with Crippen LogP contribution in [0.1, 0.15) is 52.9 Å². The van der Waals surface area contributed by atoms with Gasteiger partial charge in [-0.25, -0.2) is 0 Å². The molecule has 0 aromatic rings. The van der Waals surface area contributed by atoms with E-state index in [4.69, 9.17) is 15.6 Å². The van der Waals surface area contributed by atoms with E-state index in [0.29, 0.717) is 19.4 Å². The van der Waals surface area contributed by atoms with E-state index in [9.17, 15) is 4.79 Å². The molecule has 1 aliphatic carbocycles. The summed E-state index contributed by atoms with van der Waals surface area (Å²) < 4.78 is 5.76. The zero-order valence-electron chi connectivity index (χ0n) is 11.2. The Bertz CT molecular complexity index is 272. The molecule has 0 aromatic heterocycles. The van der Waals surface area contributed by atoms with Crippen molar-refractivity contribution in [2.24, 2.45) is 11.1 Å². The summed E-state index contributed by atoms with van der Waals surface area (Å²) in [6, 6.07) is 0. The second kappa shape index (κ2) is 5.36. The Morgan fingerprint density at radius 1 is 1.53 bits per heavy atom. The smallest absolute Gasteiger partial charge is 0.323 e. The Morgan fingerprint density at radius 3 is 2.71 bits per heavy atom. The van der Waals surface area contributed by atoms with Gasteiger partial charge >= 0.3 is 5.97 Å². The molecule has 100 valence electrons. The Kier molecular flexibility index (Phi) is 4.55. The third-order valence-corrected chi connectivity index (χ3v) is 3.37. The molecule has 1 rings (SSSR count). The van der Waals surface area contributed by atoms with E-state index in [2.05, 4.69) is 20.8 Å². The summed E-state index contributed by atoms with van der Waals surface area (Å²) in [7, 11) is 0. The Hall–Kier alpha value is -0.610. The number of hydrogen-bond donors (Lipinski definition) is 2. The summed E-state index contributed by atoms with van der Waals surface area (Å²) in [6.45, 7) is 7.19. The fourth-order valence-corrected chi connectivity index (χ4v) is 2.12. The predicted octanol–water partition coefficient (Wildman–Crippen LogP) is 2.16. The van der Waals surface area contributed by atoms with Gasteiger partial charge < -0.3 is 15.6 Å². The minimum Gasteiger partial charge on any atom is -0.480 e. The third kappa shape index (κ3) is 4.64. The monoisotopic (exact) mass is 243 g/mol. The van der Waals surface area contributed by atoms with Crippen LogP contribution in [0, 0.1) is 5.41 Å². The lowest BCUT2D eigenvalue weighted by molar-refractivity contribution is -0.147. The van der Waals surface area contributed by atoms with Gasteiger partial charge in [0, 0.05) is 13.0 Å². The lowest BCUT2D eigenvalue weighted by Crippen LogP contribution is -2.52. The van der Waals surface area contributed by atoms with Crippen LogP contribution >= 0.6 is 0 Å². The molecule has 1 saturated carbocycles. The van der Waals surface area contributed by atoms with E-state index >= 15 is 0 Å².